The average molecular weight is 408 g/mol. The number of amides is 1. The van der Waals surface area contributed by atoms with E-state index >= 15 is 0 Å². The number of ether oxygens (including phenoxy) is 1. The topological polar surface area (TPSA) is 72.7 Å². The smallest absolute Gasteiger partial charge is 0.340 e. The summed E-state index contributed by atoms with van der Waals surface area (Å²) in [6, 6.07) is 5.38. The van der Waals surface area contributed by atoms with E-state index in [1.165, 1.54) is 18.4 Å². The van der Waals surface area contributed by atoms with Crippen LogP contribution in [0.3, 0.4) is 0 Å². The number of anilines is 1. The van der Waals surface area contributed by atoms with Gasteiger partial charge in [0.1, 0.15) is 16.3 Å². The first kappa shape index (κ1) is 16.7. The zero-order chi connectivity index (χ0) is 17.4. The summed E-state index contributed by atoms with van der Waals surface area (Å²) in [6.07, 6.45) is 1.78. The highest BCUT2D eigenvalue weighted by Gasteiger charge is 2.21. The molecule has 24 heavy (non-hydrogen) atoms. The van der Waals surface area contributed by atoms with Gasteiger partial charge in [-0.1, -0.05) is 0 Å². The molecule has 3 heterocycles. The highest BCUT2D eigenvalue weighted by Crippen LogP contribution is 2.29. The number of aryl methyl sites for hydroxylation is 2. The second kappa shape index (κ2) is 6.37. The number of methoxy groups -OCH3 is 1. The average Bonchev–Trinajstić information content (AvgIpc) is 3.05. The molecule has 6 nitrogen and oxygen atoms in total. The Morgan fingerprint density at radius 2 is 2.08 bits per heavy atom. The van der Waals surface area contributed by atoms with Gasteiger partial charge >= 0.3 is 5.97 Å². The number of esters is 1. The van der Waals surface area contributed by atoms with E-state index in [9.17, 15) is 9.59 Å². The number of halogens is 1. The number of thiophene rings is 1. The first-order valence-electron chi connectivity index (χ1n) is 7.05. The first-order valence-corrected chi connectivity index (χ1v) is 8.66. The number of hydrogen-bond donors (Lipinski definition) is 1. The van der Waals surface area contributed by atoms with Crippen LogP contribution in [-0.4, -0.2) is 28.4 Å². The van der Waals surface area contributed by atoms with Gasteiger partial charge in [-0.2, -0.15) is 0 Å². The Labute approximate surface area is 150 Å². The molecule has 0 radical (unpaired) electrons. The van der Waals surface area contributed by atoms with E-state index in [1.807, 2.05) is 19.1 Å². The summed E-state index contributed by atoms with van der Waals surface area (Å²) in [5.74, 6) is -0.808. The van der Waals surface area contributed by atoms with Crippen molar-refractivity contribution in [1.82, 2.24) is 9.38 Å². The maximum Gasteiger partial charge on any atom is 0.340 e. The molecule has 0 unspecified atom stereocenters. The van der Waals surface area contributed by atoms with Crippen molar-refractivity contribution in [2.45, 2.75) is 13.8 Å². The molecule has 124 valence electrons. The Morgan fingerprint density at radius 3 is 2.79 bits per heavy atom. The third-order valence-corrected chi connectivity index (χ3v) is 4.89. The number of hydrogen-bond acceptors (Lipinski definition) is 5. The Kier molecular flexibility index (Phi) is 4.42. The van der Waals surface area contributed by atoms with Crippen molar-refractivity contribution in [1.29, 1.82) is 0 Å². The number of nitrogens with one attached hydrogen (secondary N) is 1. The molecule has 0 aliphatic rings. The van der Waals surface area contributed by atoms with Crippen molar-refractivity contribution in [2.24, 2.45) is 0 Å². The van der Waals surface area contributed by atoms with E-state index < -0.39 is 5.97 Å². The third kappa shape index (κ3) is 2.94. The van der Waals surface area contributed by atoms with Crippen LogP contribution in [0.5, 0.6) is 0 Å². The summed E-state index contributed by atoms with van der Waals surface area (Å²) in [6.45, 7) is 3.64. The zero-order valence-corrected chi connectivity index (χ0v) is 15.6. The van der Waals surface area contributed by atoms with Gasteiger partial charge < -0.3 is 10.1 Å². The van der Waals surface area contributed by atoms with E-state index in [-0.39, 0.29) is 5.91 Å². The van der Waals surface area contributed by atoms with Crippen LogP contribution in [0.2, 0.25) is 0 Å². The van der Waals surface area contributed by atoms with Gasteiger partial charge in [-0.05, 0) is 48.0 Å². The van der Waals surface area contributed by atoms with Gasteiger partial charge in [0.15, 0.2) is 0 Å². The molecule has 0 atom stereocenters. The fourth-order valence-corrected chi connectivity index (χ4v) is 3.67. The first-order chi connectivity index (χ1) is 11.4. The maximum absolute atomic E-state index is 12.8. The number of aromatic nitrogens is 2. The summed E-state index contributed by atoms with van der Waals surface area (Å²) >= 11 is 4.72. The van der Waals surface area contributed by atoms with Crippen molar-refractivity contribution in [2.75, 3.05) is 12.4 Å². The highest BCUT2D eigenvalue weighted by molar-refractivity contribution is 9.10. The fourth-order valence-electron chi connectivity index (χ4n) is 2.44. The van der Waals surface area contributed by atoms with Crippen LogP contribution in [0.15, 0.2) is 28.9 Å². The summed E-state index contributed by atoms with van der Waals surface area (Å²) in [7, 11) is 1.31. The fraction of sp³-hybridized carbons (Fsp3) is 0.188. The van der Waals surface area contributed by atoms with Crippen LogP contribution >= 0.6 is 27.3 Å². The second-order valence-corrected chi connectivity index (χ2v) is 7.34. The number of imidazole rings is 1. The van der Waals surface area contributed by atoms with Crippen LogP contribution in [0, 0.1) is 13.8 Å². The molecule has 3 rings (SSSR count). The van der Waals surface area contributed by atoms with Crippen molar-refractivity contribution in [3.8, 4) is 0 Å². The largest absolute Gasteiger partial charge is 0.465 e. The summed E-state index contributed by atoms with van der Waals surface area (Å²) in [5.41, 5.74) is 2.06. The summed E-state index contributed by atoms with van der Waals surface area (Å²) in [4.78, 5) is 29.9. The lowest BCUT2D eigenvalue weighted by molar-refractivity contribution is 0.0602. The molecular weight excluding hydrogens is 394 g/mol. The number of fused-ring (bicyclic) bond motifs is 1. The van der Waals surface area contributed by atoms with E-state index in [0.29, 0.717) is 27.6 Å². The van der Waals surface area contributed by atoms with Gasteiger partial charge in [-0.25, -0.2) is 9.78 Å². The van der Waals surface area contributed by atoms with E-state index in [0.717, 1.165) is 9.35 Å². The number of carbonyl (C=O) groups is 2. The van der Waals surface area contributed by atoms with Gasteiger partial charge in [-0.3, -0.25) is 9.20 Å². The number of carbonyl (C=O) groups excluding carboxylic acids is 2. The van der Waals surface area contributed by atoms with E-state index in [2.05, 4.69) is 26.2 Å². The Hall–Kier alpha value is -2.19. The van der Waals surface area contributed by atoms with E-state index in [4.69, 9.17) is 4.74 Å². The molecule has 0 bridgehead atoms. The molecule has 0 saturated heterocycles. The van der Waals surface area contributed by atoms with Crippen LogP contribution in [0.4, 0.5) is 5.00 Å². The number of rotatable bonds is 3. The maximum atomic E-state index is 12.8. The van der Waals surface area contributed by atoms with Gasteiger partial charge in [0, 0.05) is 15.5 Å². The lowest BCUT2D eigenvalue weighted by Gasteiger charge is -2.06. The second-order valence-electron chi connectivity index (χ2n) is 5.17. The van der Waals surface area contributed by atoms with Crippen molar-refractivity contribution >= 4 is 49.8 Å². The molecule has 1 N–H and O–H groups in total. The summed E-state index contributed by atoms with van der Waals surface area (Å²) in [5, 5.41) is 3.27. The van der Waals surface area contributed by atoms with Gasteiger partial charge in [0.05, 0.1) is 18.4 Å². The molecule has 0 fully saturated rings. The lowest BCUT2D eigenvalue weighted by atomic mass is 10.2. The predicted octanol–water partition coefficient (Wildman–Crippen LogP) is 3.81. The number of pyridine rings is 1. The molecule has 3 aromatic rings. The molecule has 3 aromatic heterocycles. The lowest BCUT2D eigenvalue weighted by Crippen LogP contribution is -2.16. The highest BCUT2D eigenvalue weighted by atomic mass is 79.9. The zero-order valence-electron chi connectivity index (χ0n) is 13.2. The minimum absolute atomic E-state index is 0.329. The molecule has 0 aliphatic carbocycles. The molecule has 0 aromatic carbocycles. The Morgan fingerprint density at radius 1 is 1.33 bits per heavy atom. The summed E-state index contributed by atoms with van der Waals surface area (Å²) < 4.78 is 7.32. The molecule has 1 amide bonds. The van der Waals surface area contributed by atoms with Crippen LogP contribution in [-0.2, 0) is 4.74 Å². The molecular formula is C16H14BrN3O3S. The Balaban J connectivity index is 2.01. The SMILES string of the molecule is COC(=O)c1cc(C)sc1NC(=O)c1c(C)nc2ccc(Br)cn12. The van der Waals surface area contributed by atoms with Crippen LogP contribution in [0.1, 0.15) is 31.4 Å². The van der Waals surface area contributed by atoms with Crippen molar-refractivity contribution in [3.05, 3.63) is 50.7 Å². The third-order valence-electron chi connectivity index (χ3n) is 3.46. The molecule has 8 heteroatoms. The van der Waals surface area contributed by atoms with Crippen molar-refractivity contribution < 1.29 is 14.3 Å². The monoisotopic (exact) mass is 407 g/mol. The normalized spacial score (nSPS) is 10.8. The molecule has 0 aliphatic heterocycles. The predicted molar refractivity (Wildman–Crippen MR) is 96.0 cm³/mol. The number of nitrogens with zero attached hydrogens (tertiary/aromatic N) is 2. The van der Waals surface area contributed by atoms with Crippen LogP contribution in [0.25, 0.3) is 5.65 Å². The Bertz CT molecular complexity index is 961. The molecule has 0 spiro atoms. The minimum Gasteiger partial charge on any atom is -0.465 e. The van der Waals surface area contributed by atoms with Crippen LogP contribution < -0.4 is 5.32 Å². The molecule has 0 saturated carbocycles. The van der Waals surface area contributed by atoms with Gasteiger partial charge in [-0.15, -0.1) is 11.3 Å². The van der Waals surface area contributed by atoms with E-state index in [1.54, 1.807) is 23.6 Å². The van der Waals surface area contributed by atoms with Gasteiger partial charge in [0.25, 0.3) is 5.91 Å². The van der Waals surface area contributed by atoms with Gasteiger partial charge in [0.2, 0.25) is 0 Å². The quantitative estimate of drug-likeness (QED) is 0.669. The van der Waals surface area contributed by atoms with Crippen molar-refractivity contribution in [3.63, 3.8) is 0 Å². The minimum atomic E-state index is -0.479. The standard InChI is InChI=1S/C16H14BrN3O3S/c1-8-6-11(16(22)23-3)15(24-8)19-14(21)13-9(2)18-12-5-4-10(17)7-20(12)13/h4-7H,1-3H3,(H,19,21).